The lowest BCUT2D eigenvalue weighted by molar-refractivity contribution is -0.380. The normalized spacial score (nSPS) is 10.1. The summed E-state index contributed by atoms with van der Waals surface area (Å²) in [5, 5.41) is 10.6. The molecule has 2 rings (SSSR count). The molecule has 0 N–H and O–H groups in total. The molecule has 0 unspecified atom stereocenters. The molecule has 2 aromatic heterocycles. The molecule has 0 bridgehead atoms. The highest BCUT2D eigenvalue weighted by Crippen LogP contribution is 2.31. The first-order chi connectivity index (χ1) is 7.65. The van der Waals surface area contributed by atoms with Gasteiger partial charge in [0, 0.05) is 10.7 Å². The Bertz CT molecular complexity index is 531. The van der Waals surface area contributed by atoms with Gasteiger partial charge in [0.1, 0.15) is 11.9 Å². The predicted octanol–water partition coefficient (Wildman–Crippen LogP) is 3.00. The molecule has 0 amide bonds. The summed E-state index contributed by atoms with van der Waals surface area (Å²) in [4.78, 5) is 17.6. The number of halogens is 1. The molecule has 0 aliphatic rings. The molecule has 8 heteroatoms. The largest absolute Gasteiger partial charge is 0.429 e. The molecule has 2 aromatic rings. The maximum atomic E-state index is 10.4. The highest BCUT2D eigenvalue weighted by atomic mass is 79.9. The summed E-state index contributed by atoms with van der Waals surface area (Å²) in [5.74, 6) is 0.471. The van der Waals surface area contributed by atoms with Gasteiger partial charge in [0.2, 0.25) is 0 Å². The highest BCUT2D eigenvalue weighted by Gasteiger charge is 2.12. The molecule has 16 heavy (non-hydrogen) atoms. The minimum Gasteiger partial charge on any atom is -0.429 e. The van der Waals surface area contributed by atoms with E-state index in [9.17, 15) is 10.1 Å². The van der Waals surface area contributed by atoms with E-state index in [4.69, 9.17) is 4.74 Å². The first-order valence-corrected chi connectivity index (χ1v) is 5.65. The summed E-state index contributed by atoms with van der Waals surface area (Å²) in [5.41, 5.74) is 0. The van der Waals surface area contributed by atoms with Crippen molar-refractivity contribution < 1.29 is 9.66 Å². The molecule has 0 aromatic carbocycles. The second kappa shape index (κ2) is 4.54. The fraction of sp³-hybridized carbons (Fsp3) is 0. The first kappa shape index (κ1) is 11.0. The summed E-state index contributed by atoms with van der Waals surface area (Å²) in [6.07, 6.45) is 4.26. The monoisotopic (exact) mass is 301 g/mol. The van der Waals surface area contributed by atoms with Crippen LogP contribution in [0.5, 0.6) is 10.9 Å². The van der Waals surface area contributed by atoms with Crippen LogP contribution in [0.25, 0.3) is 0 Å². The Kier molecular flexibility index (Phi) is 3.11. The molecule has 0 saturated carbocycles. The highest BCUT2D eigenvalue weighted by molar-refractivity contribution is 9.10. The van der Waals surface area contributed by atoms with Crippen LogP contribution in [0.15, 0.2) is 29.1 Å². The summed E-state index contributed by atoms with van der Waals surface area (Å²) in [6, 6.07) is 1.69. The molecular formula is C8H4BrN3O3S. The molecule has 2 heterocycles. The summed E-state index contributed by atoms with van der Waals surface area (Å²) in [6.45, 7) is 0. The number of hydrogen-bond acceptors (Lipinski definition) is 6. The van der Waals surface area contributed by atoms with Gasteiger partial charge in [0.25, 0.3) is 5.19 Å². The van der Waals surface area contributed by atoms with E-state index in [1.54, 1.807) is 12.3 Å². The number of rotatable bonds is 3. The third-order valence-electron chi connectivity index (χ3n) is 1.54. The average Bonchev–Trinajstić information content (AvgIpc) is 2.66. The molecule has 82 valence electrons. The van der Waals surface area contributed by atoms with E-state index in [2.05, 4.69) is 25.9 Å². The third kappa shape index (κ3) is 2.52. The van der Waals surface area contributed by atoms with Crippen LogP contribution in [0.2, 0.25) is 0 Å². The molecule has 0 aliphatic heterocycles. The third-order valence-corrected chi connectivity index (χ3v) is 2.80. The summed E-state index contributed by atoms with van der Waals surface area (Å²) < 4.78 is 6.06. The van der Waals surface area contributed by atoms with Gasteiger partial charge < -0.3 is 4.74 Å². The number of nitro groups is 1. The van der Waals surface area contributed by atoms with Crippen molar-refractivity contribution in [1.29, 1.82) is 0 Å². The van der Waals surface area contributed by atoms with Gasteiger partial charge in [-0.05, 0) is 33.3 Å². The topological polar surface area (TPSA) is 78.2 Å². The van der Waals surface area contributed by atoms with Crippen molar-refractivity contribution in [2.24, 2.45) is 0 Å². The molecule has 0 atom stereocenters. The zero-order valence-corrected chi connectivity index (χ0v) is 10.1. The maximum Gasteiger partial charge on any atom is 0.347 e. The molecule has 0 saturated heterocycles. The Labute approximate surface area is 102 Å². The zero-order chi connectivity index (χ0) is 11.5. The fourth-order valence-electron chi connectivity index (χ4n) is 0.931. The quantitative estimate of drug-likeness (QED) is 0.643. The van der Waals surface area contributed by atoms with Crippen molar-refractivity contribution in [3.05, 3.63) is 39.2 Å². The van der Waals surface area contributed by atoms with Crippen molar-refractivity contribution in [3.63, 3.8) is 0 Å². The van der Waals surface area contributed by atoms with E-state index in [0.29, 0.717) is 5.75 Å². The van der Waals surface area contributed by atoms with Gasteiger partial charge in [-0.25, -0.2) is 4.98 Å². The van der Waals surface area contributed by atoms with Crippen LogP contribution in [-0.4, -0.2) is 14.9 Å². The van der Waals surface area contributed by atoms with Crippen molar-refractivity contribution in [2.45, 2.75) is 0 Å². The zero-order valence-electron chi connectivity index (χ0n) is 7.66. The number of ether oxygens (including phenoxy) is 1. The predicted molar refractivity (Wildman–Crippen MR) is 60.8 cm³/mol. The Morgan fingerprint density at radius 3 is 2.88 bits per heavy atom. The number of aromatic nitrogens is 2. The molecule has 0 aliphatic carbocycles. The lowest BCUT2D eigenvalue weighted by Crippen LogP contribution is -1.83. The van der Waals surface area contributed by atoms with Crippen LogP contribution in [0.1, 0.15) is 0 Å². The lowest BCUT2D eigenvalue weighted by atomic mass is 10.5. The Balaban J connectivity index is 2.17. The lowest BCUT2D eigenvalue weighted by Gasteiger charge is -1.99. The minimum absolute atomic E-state index is 0.0574. The van der Waals surface area contributed by atoms with Crippen LogP contribution < -0.4 is 4.74 Å². The molecule has 6 nitrogen and oxygen atoms in total. The number of thiazole rings is 1. The van der Waals surface area contributed by atoms with Crippen LogP contribution in [-0.2, 0) is 0 Å². The van der Waals surface area contributed by atoms with Crippen LogP contribution in [0.4, 0.5) is 5.00 Å². The Morgan fingerprint density at radius 2 is 2.25 bits per heavy atom. The number of nitrogens with zero attached hydrogens (tertiary/aromatic N) is 3. The van der Waals surface area contributed by atoms with Gasteiger partial charge in [-0.3, -0.25) is 15.1 Å². The van der Waals surface area contributed by atoms with Crippen molar-refractivity contribution in [2.75, 3.05) is 0 Å². The van der Waals surface area contributed by atoms with Crippen molar-refractivity contribution >= 4 is 32.3 Å². The van der Waals surface area contributed by atoms with Crippen molar-refractivity contribution in [3.8, 4) is 10.9 Å². The van der Waals surface area contributed by atoms with Gasteiger partial charge >= 0.3 is 5.00 Å². The van der Waals surface area contributed by atoms with Crippen LogP contribution >= 0.6 is 27.3 Å². The Hall–Kier alpha value is -1.54. The Morgan fingerprint density at radius 1 is 1.44 bits per heavy atom. The molecule has 0 spiro atoms. The first-order valence-electron chi connectivity index (χ1n) is 4.04. The van der Waals surface area contributed by atoms with Gasteiger partial charge in [0.05, 0.1) is 11.1 Å². The minimum atomic E-state index is -0.510. The maximum absolute atomic E-state index is 10.4. The van der Waals surface area contributed by atoms with Crippen LogP contribution in [0.3, 0.4) is 0 Å². The number of pyridine rings is 1. The molecule has 0 fully saturated rings. The second-order valence-electron chi connectivity index (χ2n) is 2.66. The smallest absolute Gasteiger partial charge is 0.347 e. The summed E-state index contributed by atoms with van der Waals surface area (Å²) in [7, 11) is 0. The SMILES string of the molecule is O=[N+]([O-])c1cnc(Oc2cncc(Br)c2)s1. The molecule has 0 radical (unpaired) electrons. The van der Waals surface area contributed by atoms with Gasteiger partial charge in [-0.15, -0.1) is 0 Å². The van der Waals surface area contributed by atoms with E-state index >= 15 is 0 Å². The number of hydrogen-bond donors (Lipinski definition) is 0. The van der Waals surface area contributed by atoms with E-state index in [-0.39, 0.29) is 10.2 Å². The second-order valence-corrected chi connectivity index (χ2v) is 4.55. The van der Waals surface area contributed by atoms with Crippen molar-refractivity contribution in [1.82, 2.24) is 9.97 Å². The van der Waals surface area contributed by atoms with Gasteiger partial charge in [-0.1, -0.05) is 0 Å². The van der Waals surface area contributed by atoms with Crippen LogP contribution in [0, 0.1) is 10.1 Å². The fourth-order valence-corrected chi connectivity index (χ4v) is 1.88. The van der Waals surface area contributed by atoms with Gasteiger partial charge in [0.15, 0.2) is 0 Å². The van der Waals surface area contributed by atoms with Gasteiger partial charge in [-0.2, -0.15) is 0 Å². The summed E-state index contributed by atoms with van der Waals surface area (Å²) >= 11 is 4.10. The molecular weight excluding hydrogens is 298 g/mol. The van der Waals surface area contributed by atoms with E-state index in [1.807, 2.05) is 0 Å². The van der Waals surface area contributed by atoms with E-state index < -0.39 is 4.92 Å². The van der Waals surface area contributed by atoms with E-state index in [0.717, 1.165) is 22.0 Å². The van der Waals surface area contributed by atoms with E-state index in [1.165, 1.54) is 6.20 Å². The average molecular weight is 302 g/mol. The standard InChI is InChI=1S/C8H4BrN3O3S/c9-5-1-6(3-10-2-5)15-8-11-4-7(16-8)12(13)14/h1-4H.